The minimum absolute atomic E-state index is 0.305. The number of fused-ring (bicyclic) bond motifs is 2. The van der Waals surface area contributed by atoms with Crippen molar-refractivity contribution in [1.29, 1.82) is 0 Å². The maximum Gasteiger partial charge on any atom is 0.228 e. The molecule has 0 aromatic heterocycles. The van der Waals surface area contributed by atoms with Crippen molar-refractivity contribution in [3.8, 4) is 0 Å². The number of rotatable bonds is 4. The van der Waals surface area contributed by atoms with Gasteiger partial charge < -0.3 is 0 Å². The summed E-state index contributed by atoms with van der Waals surface area (Å²) >= 11 is 1.73. The molecule has 4 rings (SSSR count). The average Bonchev–Trinajstić information content (AvgIpc) is 3.30. The van der Waals surface area contributed by atoms with Gasteiger partial charge in [0.05, 0.1) is 6.54 Å². The van der Waals surface area contributed by atoms with E-state index in [9.17, 15) is 4.79 Å². The van der Waals surface area contributed by atoms with Gasteiger partial charge in [0, 0.05) is 18.7 Å². The molecule has 2 saturated carbocycles. The summed E-state index contributed by atoms with van der Waals surface area (Å²) in [7, 11) is 0. The van der Waals surface area contributed by atoms with E-state index in [-0.39, 0.29) is 0 Å². The van der Waals surface area contributed by atoms with Crippen LogP contribution in [0.1, 0.15) is 37.7 Å². The van der Waals surface area contributed by atoms with Gasteiger partial charge in [-0.3, -0.25) is 14.7 Å². The lowest BCUT2D eigenvalue weighted by atomic mass is 9.86. The van der Waals surface area contributed by atoms with Crippen LogP contribution in [0, 0.1) is 17.8 Å². The zero-order valence-corrected chi connectivity index (χ0v) is 14.3. The van der Waals surface area contributed by atoms with Gasteiger partial charge >= 0.3 is 0 Å². The summed E-state index contributed by atoms with van der Waals surface area (Å²) in [5.74, 6) is 3.67. The summed E-state index contributed by atoms with van der Waals surface area (Å²) in [6, 6.07) is 10.3. The van der Waals surface area contributed by atoms with Gasteiger partial charge in [-0.1, -0.05) is 48.5 Å². The largest absolute Gasteiger partial charge is 0.291 e. The second kappa shape index (κ2) is 6.68. The van der Waals surface area contributed by atoms with Crippen LogP contribution in [0.2, 0.25) is 0 Å². The quantitative estimate of drug-likeness (QED) is 0.838. The number of carbonyl (C=O) groups is 1. The smallest absolute Gasteiger partial charge is 0.228 e. The topological polar surface area (TPSA) is 32.7 Å². The maximum absolute atomic E-state index is 12.7. The van der Waals surface area contributed by atoms with Crippen LogP contribution >= 0.6 is 11.8 Å². The Hall–Kier alpha value is -1.29. The third-order valence-corrected chi connectivity index (χ3v) is 6.63. The lowest BCUT2D eigenvalue weighted by molar-refractivity contribution is -0.128. The fourth-order valence-electron chi connectivity index (χ4n) is 4.47. The highest BCUT2D eigenvalue weighted by atomic mass is 32.2. The molecular formula is C19H24N2OS. The Bertz CT molecular complexity index is 601. The minimum atomic E-state index is 0.305. The molecule has 2 aliphatic carbocycles. The molecule has 1 aliphatic heterocycles. The summed E-state index contributed by atoms with van der Waals surface area (Å²) in [5, 5.41) is 0.932. The highest BCUT2D eigenvalue weighted by Crippen LogP contribution is 2.49. The van der Waals surface area contributed by atoms with Gasteiger partial charge in [0.2, 0.25) is 5.91 Å². The Morgan fingerprint density at radius 1 is 1.22 bits per heavy atom. The Morgan fingerprint density at radius 3 is 2.83 bits per heavy atom. The number of carbonyl (C=O) groups excluding carboxylic acids is 1. The van der Waals surface area contributed by atoms with Gasteiger partial charge in [-0.25, -0.2) is 0 Å². The van der Waals surface area contributed by atoms with E-state index in [4.69, 9.17) is 4.99 Å². The zero-order valence-electron chi connectivity index (χ0n) is 13.5. The molecule has 3 fully saturated rings. The van der Waals surface area contributed by atoms with Gasteiger partial charge in [0.25, 0.3) is 0 Å². The summed E-state index contributed by atoms with van der Waals surface area (Å²) in [4.78, 5) is 19.4. The van der Waals surface area contributed by atoms with E-state index in [2.05, 4.69) is 12.1 Å². The van der Waals surface area contributed by atoms with E-state index < -0.39 is 0 Å². The van der Waals surface area contributed by atoms with Crippen LogP contribution in [-0.4, -0.2) is 28.3 Å². The Kier molecular flexibility index (Phi) is 4.43. The fraction of sp³-hybridized carbons (Fsp3) is 0.579. The second-order valence-corrected chi connectivity index (χ2v) is 8.18. The van der Waals surface area contributed by atoms with Crippen LogP contribution in [0.25, 0.3) is 0 Å². The van der Waals surface area contributed by atoms with Gasteiger partial charge in [0.1, 0.15) is 0 Å². The van der Waals surface area contributed by atoms with Gasteiger partial charge in [0.15, 0.2) is 5.17 Å². The Morgan fingerprint density at radius 2 is 2.09 bits per heavy atom. The predicted molar refractivity (Wildman–Crippen MR) is 95.3 cm³/mol. The molecule has 1 heterocycles. The molecule has 4 heteroatoms. The number of aliphatic imine (C=N–C) groups is 1. The third-order valence-electron chi connectivity index (χ3n) is 5.64. The van der Waals surface area contributed by atoms with E-state index in [0.29, 0.717) is 18.4 Å². The number of benzene rings is 1. The van der Waals surface area contributed by atoms with Gasteiger partial charge in [-0.2, -0.15) is 0 Å². The normalized spacial score (nSPS) is 31.2. The molecule has 3 unspecified atom stereocenters. The lowest BCUT2D eigenvalue weighted by Gasteiger charge is -2.24. The molecule has 0 radical (unpaired) electrons. The first-order valence-corrected chi connectivity index (χ1v) is 9.79. The summed E-state index contributed by atoms with van der Waals surface area (Å²) in [6.45, 7) is 1.50. The van der Waals surface area contributed by atoms with Crippen molar-refractivity contribution in [1.82, 2.24) is 4.90 Å². The highest BCUT2D eigenvalue weighted by Gasteiger charge is 2.41. The van der Waals surface area contributed by atoms with E-state index in [0.717, 1.165) is 35.7 Å². The minimum Gasteiger partial charge on any atom is -0.291 e. The van der Waals surface area contributed by atoms with E-state index >= 15 is 0 Å². The predicted octanol–water partition coefficient (Wildman–Crippen LogP) is 3.94. The van der Waals surface area contributed by atoms with Crippen molar-refractivity contribution in [2.75, 3.05) is 12.3 Å². The summed E-state index contributed by atoms with van der Waals surface area (Å²) < 4.78 is 0. The number of nitrogens with zero attached hydrogens (tertiary/aromatic N) is 2. The summed E-state index contributed by atoms with van der Waals surface area (Å²) in [6.07, 6.45) is 6.16. The fourth-order valence-corrected chi connectivity index (χ4v) is 5.43. The Balaban J connectivity index is 1.38. The number of amidine groups is 1. The van der Waals surface area contributed by atoms with E-state index in [1.807, 2.05) is 23.1 Å². The first kappa shape index (κ1) is 15.3. The Labute approximate surface area is 142 Å². The van der Waals surface area contributed by atoms with Crippen LogP contribution in [0.15, 0.2) is 35.3 Å². The molecule has 2 bridgehead atoms. The molecule has 122 valence electrons. The second-order valence-electron chi connectivity index (χ2n) is 7.12. The first-order valence-electron chi connectivity index (χ1n) is 8.81. The number of thioether (sulfide) groups is 1. The van der Waals surface area contributed by atoms with Crippen LogP contribution in [-0.2, 0) is 11.3 Å². The zero-order chi connectivity index (χ0) is 15.6. The van der Waals surface area contributed by atoms with Crippen LogP contribution in [0.4, 0.5) is 0 Å². The van der Waals surface area contributed by atoms with E-state index in [1.165, 1.54) is 31.2 Å². The molecule has 0 N–H and O–H groups in total. The molecule has 1 saturated heterocycles. The monoisotopic (exact) mass is 328 g/mol. The number of amides is 1. The van der Waals surface area contributed by atoms with Crippen LogP contribution < -0.4 is 0 Å². The first-order chi connectivity index (χ1) is 11.3. The molecule has 1 amide bonds. The molecule has 23 heavy (non-hydrogen) atoms. The third kappa shape index (κ3) is 3.32. The van der Waals surface area contributed by atoms with Crippen molar-refractivity contribution in [2.24, 2.45) is 22.7 Å². The molecule has 3 aliphatic rings. The van der Waals surface area contributed by atoms with Crippen LogP contribution in [0.3, 0.4) is 0 Å². The number of hydrogen-bond donors (Lipinski definition) is 0. The van der Waals surface area contributed by atoms with Gasteiger partial charge in [-0.05, 0) is 42.6 Å². The van der Waals surface area contributed by atoms with Crippen molar-refractivity contribution < 1.29 is 4.79 Å². The SMILES string of the molecule is O=C(CC1CC2CCC1C2)N1CCSC1=NCc1ccccc1. The molecular weight excluding hydrogens is 304 g/mol. The van der Waals surface area contributed by atoms with Crippen LogP contribution in [0.5, 0.6) is 0 Å². The van der Waals surface area contributed by atoms with Crippen molar-refractivity contribution in [2.45, 2.75) is 38.6 Å². The lowest BCUT2D eigenvalue weighted by Crippen LogP contribution is -2.34. The van der Waals surface area contributed by atoms with Gasteiger partial charge in [-0.15, -0.1) is 0 Å². The maximum atomic E-state index is 12.7. The molecule has 0 spiro atoms. The summed E-state index contributed by atoms with van der Waals surface area (Å²) in [5.41, 5.74) is 1.20. The molecule has 3 atom stereocenters. The van der Waals surface area contributed by atoms with Crippen molar-refractivity contribution in [3.63, 3.8) is 0 Å². The van der Waals surface area contributed by atoms with E-state index in [1.54, 1.807) is 11.8 Å². The molecule has 1 aromatic carbocycles. The highest BCUT2D eigenvalue weighted by molar-refractivity contribution is 8.14. The molecule has 1 aromatic rings. The average molecular weight is 328 g/mol. The standard InChI is InChI=1S/C19H24N2OS/c22-18(12-17-11-15-6-7-16(17)10-15)21-8-9-23-19(21)20-13-14-4-2-1-3-5-14/h1-5,15-17H,6-13H2. The number of hydrogen-bond acceptors (Lipinski definition) is 3. The molecule has 3 nitrogen and oxygen atoms in total. The van der Waals surface area contributed by atoms with Crippen molar-refractivity contribution >= 4 is 22.8 Å². The van der Waals surface area contributed by atoms with Crippen molar-refractivity contribution in [3.05, 3.63) is 35.9 Å².